The number of thiazole rings is 1. The van der Waals surface area contributed by atoms with Gasteiger partial charge in [0.25, 0.3) is 0 Å². The van der Waals surface area contributed by atoms with Crippen molar-refractivity contribution in [1.29, 1.82) is 0 Å². The van der Waals surface area contributed by atoms with Gasteiger partial charge in [-0.25, -0.2) is 4.98 Å². The number of carbonyl (C=O) groups is 1. The second kappa shape index (κ2) is 9.08. The van der Waals surface area contributed by atoms with Gasteiger partial charge >= 0.3 is 0 Å². The third kappa shape index (κ3) is 4.41. The van der Waals surface area contributed by atoms with E-state index in [2.05, 4.69) is 34.9 Å². The molecular formula is C24H26Cl2N4OS. The van der Waals surface area contributed by atoms with E-state index in [1.54, 1.807) is 11.3 Å². The fourth-order valence-corrected chi connectivity index (χ4v) is 6.01. The average molecular weight is 489 g/mol. The summed E-state index contributed by atoms with van der Waals surface area (Å²) in [5.74, 6) is 0.415. The Kier molecular flexibility index (Phi) is 6.19. The van der Waals surface area contributed by atoms with Crippen molar-refractivity contribution in [2.75, 3.05) is 49.1 Å². The predicted octanol–water partition coefficient (Wildman–Crippen LogP) is 5.48. The van der Waals surface area contributed by atoms with Crippen LogP contribution in [0, 0.1) is 12.8 Å². The monoisotopic (exact) mass is 488 g/mol. The molecule has 0 atom stereocenters. The Morgan fingerprint density at radius 2 is 1.69 bits per heavy atom. The zero-order valence-corrected chi connectivity index (χ0v) is 20.4. The summed E-state index contributed by atoms with van der Waals surface area (Å²) < 4.78 is 1.23. The summed E-state index contributed by atoms with van der Waals surface area (Å²) in [4.78, 5) is 24.6. The van der Waals surface area contributed by atoms with Gasteiger partial charge in [-0.15, -0.1) is 0 Å². The molecule has 1 amide bonds. The molecule has 0 N–H and O–H groups in total. The van der Waals surface area contributed by atoms with Gasteiger partial charge in [-0.05, 0) is 55.7 Å². The Balaban J connectivity index is 1.15. The lowest BCUT2D eigenvalue weighted by atomic mass is 9.95. The Bertz CT molecular complexity index is 1130. The van der Waals surface area contributed by atoms with Crippen molar-refractivity contribution in [3.05, 3.63) is 52.0 Å². The minimum atomic E-state index is 0.111. The van der Waals surface area contributed by atoms with Crippen molar-refractivity contribution in [3.63, 3.8) is 0 Å². The molecule has 0 saturated carbocycles. The van der Waals surface area contributed by atoms with Gasteiger partial charge in [-0.1, -0.05) is 40.6 Å². The second-order valence-corrected chi connectivity index (χ2v) is 10.5. The lowest BCUT2D eigenvalue weighted by molar-refractivity contribution is -0.136. The first-order valence-corrected chi connectivity index (χ1v) is 12.7. The van der Waals surface area contributed by atoms with Gasteiger partial charge in [0.05, 0.1) is 20.3 Å². The van der Waals surface area contributed by atoms with E-state index < -0.39 is 0 Å². The molecule has 2 aliphatic heterocycles. The lowest BCUT2D eigenvalue weighted by Crippen LogP contribution is -2.51. The SMILES string of the molecule is Cc1ccc2nc(N3CCC(C(=O)N4CCN(c5ccc(Cl)c(Cl)c5)CC4)CC3)sc2c1. The van der Waals surface area contributed by atoms with Crippen LogP contribution in [0.5, 0.6) is 0 Å². The number of aryl methyl sites for hydroxylation is 1. The summed E-state index contributed by atoms with van der Waals surface area (Å²) in [7, 11) is 0. The highest BCUT2D eigenvalue weighted by Crippen LogP contribution is 2.33. The summed E-state index contributed by atoms with van der Waals surface area (Å²) in [5, 5.41) is 2.21. The molecule has 2 aromatic carbocycles. The highest BCUT2D eigenvalue weighted by molar-refractivity contribution is 7.22. The summed E-state index contributed by atoms with van der Waals surface area (Å²) in [6.07, 6.45) is 1.78. The van der Waals surface area contributed by atoms with Gasteiger partial charge in [0, 0.05) is 50.9 Å². The fraction of sp³-hybridized carbons (Fsp3) is 0.417. The molecule has 1 aromatic heterocycles. The number of hydrogen-bond donors (Lipinski definition) is 0. The van der Waals surface area contributed by atoms with E-state index in [9.17, 15) is 4.79 Å². The summed E-state index contributed by atoms with van der Waals surface area (Å²) in [6.45, 7) is 7.01. The maximum Gasteiger partial charge on any atom is 0.225 e. The van der Waals surface area contributed by atoms with Crippen molar-refractivity contribution >= 4 is 61.5 Å². The largest absolute Gasteiger partial charge is 0.368 e. The van der Waals surface area contributed by atoms with E-state index in [4.69, 9.17) is 28.2 Å². The standard InChI is InChI=1S/C24H26Cl2N4OS/c1-16-2-5-21-22(14-16)32-24(27-21)30-8-6-17(7-9-30)23(31)29-12-10-28(11-13-29)18-3-4-19(25)20(26)15-18/h2-5,14-15,17H,6-13H2,1H3. The van der Waals surface area contributed by atoms with Gasteiger partial charge in [0.15, 0.2) is 5.13 Å². The van der Waals surface area contributed by atoms with E-state index in [0.29, 0.717) is 16.0 Å². The quantitative estimate of drug-likeness (QED) is 0.489. The maximum atomic E-state index is 13.2. The van der Waals surface area contributed by atoms with Crippen LogP contribution in [0.25, 0.3) is 10.2 Å². The number of fused-ring (bicyclic) bond motifs is 1. The van der Waals surface area contributed by atoms with Crippen molar-refractivity contribution in [2.45, 2.75) is 19.8 Å². The maximum absolute atomic E-state index is 13.2. The molecule has 168 valence electrons. The average Bonchev–Trinajstić information content (AvgIpc) is 3.24. The van der Waals surface area contributed by atoms with E-state index in [1.807, 2.05) is 23.1 Å². The summed E-state index contributed by atoms with van der Waals surface area (Å²) in [6, 6.07) is 12.1. The minimum absolute atomic E-state index is 0.111. The van der Waals surface area contributed by atoms with E-state index in [-0.39, 0.29) is 5.92 Å². The number of piperidine rings is 1. The minimum Gasteiger partial charge on any atom is -0.368 e. The molecule has 3 heterocycles. The number of anilines is 2. The first-order chi connectivity index (χ1) is 15.5. The predicted molar refractivity (Wildman–Crippen MR) is 135 cm³/mol. The molecule has 5 rings (SSSR count). The topological polar surface area (TPSA) is 39.7 Å². The Morgan fingerprint density at radius 3 is 2.41 bits per heavy atom. The van der Waals surface area contributed by atoms with Gasteiger partial charge in [-0.3, -0.25) is 4.79 Å². The molecule has 2 aliphatic rings. The van der Waals surface area contributed by atoms with Crippen LogP contribution in [-0.4, -0.2) is 55.1 Å². The Hall–Kier alpha value is -2.02. The fourth-order valence-electron chi connectivity index (χ4n) is 4.60. The van der Waals surface area contributed by atoms with Crippen molar-refractivity contribution in [3.8, 4) is 0 Å². The third-order valence-corrected chi connectivity index (χ3v) is 8.33. The first-order valence-electron chi connectivity index (χ1n) is 11.1. The van der Waals surface area contributed by atoms with Gasteiger partial charge in [0.2, 0.25) is 5.91 Å². The molecular weight excluding hydrogens is 463 g/mol. The van der Waals surface area contributed by atoms with Crippen LogP contribution >= 0.6 is 34.5 Å². The number of nitrogens with zero attached hydrogens (tertiary/aromatic N) is 4. The lowest BCUT2D eigenvalue weighted by Gasteiger charge is -2.39. The first kappa shape index (κ1) is 21.8. The van der Waals surface area contributed by atoms with Gasteiger partial charge < -0.3 is 14.7 Å². The number of halogens is 2. The molecule has 0 bridgehead atoms. The van der Waals surface area contributed by atoms with Crippen LogP contribution < -0.4 is 9.80 Å². The smallest absolute Gasteiger partial charge is 0.225 e. The van der Waals surface area contributed by atoms with Gasteiger partial charge in [-0.2, -0.15) is 0 Å². The Morgan fingerprint density at radius 1 is 0.938 bits per heavy atom. The van der Waals surface area contributed by atoms with E-state index >= 15 is 0 Å². The summed E-state index contributed by atoms with van der Waals surface area (Å²) >= 11 is 14.0. The third-order valence-electron chi connectivity index (χ3n) is 6.51. The molecule has 0 aliphatic carbocycles. The van der Waals surface area contributed by atoms with Crippen LogP contribution in [-0.2, 0) is 4.79 Å². The van der Waals surface area contributed by atoms with Crippen molar-refractivity contribution in [2.24, 2.45) is 5.92 Å². The van der Waals surface area contributed by atoms with Gasteiger partial charge in [0.1, 0.15) is 0 Å². The van der Waals surface area contributed by atoms with Crippen LogP contribution in [0.1, 0.15) is 18.4 Å². The van der Waals surface area contributed by atoms with Crippen LogP contribution in [0.3, 0.4) is 0 Å². The zero-order chi connectivity index (χ0) is 22.2. The number of piperazine rings is 1. The Labute approximate surface area is 202 Å². The highest BCUT2D eigenvalue weighted by Gasteiger charge is 2.31. The molecule has 0 unspecified atom stereocenters. The number of amides is 1. The summed E-state index contributed by atoms with van der Waals surface area (Å²) in [5.41, 5.74) is 3.38. The van der Waals surface area contributed by atoms with E-state index in [0.717, 1.165) is 68.4 Å². The molecule has 3 aromatic rings. The number of carbonyl (C=O) groups excluding carboxylic acids is 1. The normalized spacial score (nSPS) is 17.9. The van der Waals surface area contributed by atoms with Crippen LogP contribution in [0.4, 0.5) is 10.8 Å². The van der Waals surface area contributed by atoms with Crippen LogP contribution in [0.15, 0.2) is 36.4 Å². The zero-order valence-electron chi connectivity index (χ0n) is 18.1. The molecule has 32 heavy (non-hydrogen) atoms. The van der Waals surface area contributed by atoms with E-state index in [1.165, 1.54) is 10.3 Å². The molecule has 0 radical (unpaired) electrons. The molecule has 2 fully saturated rings. The number of rotatable bonds is 3. The number of hydrogen-bond acceptors (Lipinski definition) is 5. The van der Waals surface area contributed by atoms with Crippen LogP contribution in [0.2, 0.25) is 10.0 Å². The highest BCUT2D eigenvalue weighted by atomic mass is 35.5. The molecule has 0 spiro atoms. The van der Waals surface area contributed by atoms with Crippen molar-refractivity contribution in [1.82, 2.24) is 9.88 Å². The molecule has 8 heteroatoms. The number of aromatic nitrogens is 1. The van der Waals surface area contributed by atoms with Crippen molar-refractivity contribution < 1.29 is 4.79 Å². The second-order valence-electron chi connectivity index (χ2n) is 8.64. The molecule has 5 nitrogen and oxygen atoms in total. The molecule has 2 saturated heterocycles. The number of benzene rings is 2.